The van der Waals surface area contributed by atoms with Crippen LogP contribution in [0, 0.1) is 5.92 Å². The second-order valence-electron chi connectivity index (χ2n) is 7.79. The average Bonchev–Trinajstić information content (AvgIpc) is 2.79. The first-order valence-corrected chi connectivity index (χ1v) is 9.25. The zero-order valence-corrected chi connectivity index (χ0v) is 13.7. The molecule has 3 aliphatic rings. The van der Waals surface area contributed by atoms with E-state index in [0.29, 0.717) is 5.54 Å². The van der Waals surface area contributed by atoms with Crippen LogP contribution in [0.4, 0.5) is 0 Å². The van der Waals surface area contributed by atoms with Gasteiger partial charge in [0.2, 0.25) is 0 Å². The third-order valence-corrected chi connectivity index (χ3v) is 6.44. The van der Waals surface area contributed by atoms with Gasteiger partial charge < -0.3 is 5.32 Å². The van der Waals surface area contributed by atoms with Gasteiger partial charge in [-0.05, 0) is 38.0 Å². The van der Waals surface area contributed by atoms with Crippen LogP contribution in [-0.2, 0) is 0 Å². The summed E-state index contributed by atoms with van der Waals surface area (Å²) in [6.07, 6.45) is 14.3. The summed E-state index contributed by atoms with van der Waals surface area (Å²) >= 11 is 0. The molecule has 3 unspecified atom stereocenters. The van der Waals surface area contributed by atoms with E-state index in [2.05, 4.69) is 24.1 Å². The molecule has 20 heavy (non-hydrogen) atoms. The summed E-state index contributed by atoms with van der Waals surface area (Å²) in [6.45, 7) is 7.47. The fraction of sp³-hybridized carbons (Fsp3) is 1.00. The third kappa shape index (κ3) is 2.92. The Kier molecular flexibility index (Phi) is 4.72. The summed E-state index contributed by atoms with van der Waals surface area (Å²) in [5.74, 6) is 0.906. The maximum Gasteiger partial charge on any atom is 0.0309 e. The standard InChI is InChI=1S/C18H34N2/c1-3-16-13-19-18(11-7-8-12-18)14-20(16)17-10-6-4-5-9-15(17)2/h15-17,19H,3-14H2,1-2H3. The third-order valence-electron chi connectivity index (χ3n) is 6.44. The Labute approximate surface area is 125 Å². The quantitative estimate of drug-likeness (QED) is 0.769. The van der Waals surface area contributed by atoms with Crippen molar-refractivity contribution in [3.8, 4) is 0 Å². The second kappa shape index (κ2) is 6.36. The van der Waals surface area contributed by atoms with Gasteiger partial charge >= 0.3 is 0 Å². The molecule has 1 N–H and O–H groups in total. The van der Waals surface area contributed by atoms with Gasteiger partial charge in [0.05, 0.1) is 0 Å². The molecule has 2 heteroatoms. The first-order chi connectivity index (χ1) is 9.74. The molecule has 0 radical (unpaired) electrons. The monoisotopic (exact) mass is 278 g/mol. The highest BCUT2D eigenvalue weighted by Crippen LogP contribution is 2.37. The molecule has 0 bridgehead atoms. The first-order valence-electron chi connectivity index (χ1n) is 9.25. The molecular formula is C18H34N2. The van der Waals surface area contributed by atoms with E-state index < -0.39 is 0 Å². The first kappa shape index (κ1) is 14.8. The lowest BCUT2D eigenvalue weighted by atomic mass is 9.86. The normalized spacial score (nSPS) is 39.0. The molecule has 3 atom stereocenters. The van der Waals surface area contributed by atoms with Crippen LogP contribution in [0.3, 0.4) is 0 Å². The van der Waals surface area contributed by atoms with Crippen LogP contribution >= 0.6 is 0 Å². The van der Waals surface area contributed by atoms with Crippen molar-refractivity contribution in [2.45, 2.75) is 95.7 Å². The highest BCUT2D eigenvalue weighted by molar-refractivity contribution is 5.02. The van der Waals surface area contributed by atoms with Crippen molar-refractivity contribution in [3.63, 3.8) is 0 Å². The average molecular weight is 278 g/mol. The smallest absolute Gasteiger partial charge is 0.0309 e. The number of hydrogen-bond acceptors (Lipinski definition) is 2. The fourth-order valence-corrected chi connectivity index (χ4v) is 5.11. The topological polar surface area (TPSA) is 15.3 Å². The minimum atomic E-state index is 0.484. The van der Waals surface area contributed by atoms with Crippen LogP contribution in [0.25, 0.3) is 0 Å². The van der Waals surface area contributed by atoms with Crippen molar-refractivity contribution in [1.82, 2.24) is 10.2 Å². The van der Waals surface area contributed by atoms with Gasteiger partial charge in [-0.25, -0.2) is 0 Å². The highest BCUT2D eigenvalue weighted by Gasteiger charge is 2.43. The molecule has 0 aromatic heterocycles. The van der Waals surface area contributed by atoms with Gasteiger partial charge in [0.25, 0.3) is 0 Å². The molecule has 1 spiro atoms. The maximum absolute atomic E-state index is 3.95. The SMILES string of the molecule is CCC1CNC2(CCCC2)CN1C1CCCCCC1C. The molecule has 1 heterocycles. The summed E-state index contributed by atoms with van der Waals surface area (Å²) in [4.78, 5) is 2.96. The molecule has 3 fully saturated rings. The van der Waals surface area contributed by atoms with Crippen LogP contribution in [0.15, 0.2) is 0 Å². The van der Waals surface area contributed by atoms with Gasteiger partial charge in [-0.2, -0.15) is 0 Å². The summed E-state index contributed by atoms with van der Waals surface area (Å²) < 4.78 is 0. The molecule has 2 aliphatic carbocycles. The number of nitrogens with one attached hydrogen (secondary N) is 1. The van der Waals surface area contributed by atoms with E-state index in [1.807, 2.05) is 0 Å². The molecular weight excluding hydrogens is 244 g/mol. The predicted molar refractivity (Wildman–Crippen MR) is 86.0 cm³/mol. The molecule has 2 saturated carbocycles. The van der Waals surface area contributed by atoms with Gasteiger partial charge in [0, 0.05) is 30.7 Å². The van der Waals surface area contributed by atoms with Crippen molar-refractivity contribution < 1.29 is 0 Å². The second-order valence-corrected chi connectivity index (χ2v) is 7.79. The molecule has 0 aromatic carbocycles. The Bertz CT molecular complexity index is 309. The van der Waals surface area contributed by atoms with Crippen LogP contribution in [0.5, 0.6) is 0 Å². The Morgan fingerprint density at radius 3 is 2.55 bits per heavy atom. The van der Waals surface area contributed by atoms with Gasteiger partial charge in [-0.1, -0.05) is 46.0 Å². The van der Waals surface area contributed by atoms with E-state index in [-0.39, 0.29) is 0 Å². The minimum Gasteiger partial charge on any atom is -0.308 e. The summed E-state index contributed by atoms with van der Waals surface area (Å²) in [6, 6.07) is 1.65. The van der Waals surface area contributed by atoms with E-state index in [4.69, 9.17) is 0 Å². The van der Waals surface area contributed by atoms with Crippen LogP contribution < -0.4 is 5.32 Å². The van der Waals surface area contributed by atoms with Crippen molar-refractivity contribution in [2.75, 3.05) is 13.1 Å². The summed E-state index contributed by atoms with van der Waals surface area (Å²) in [5.41, 5.74) is 0.484. The minimum absolute atomic E-state index is 0.484. The molecule has 0 aromatic rings. The Balaban J connectivity index is 1.75. The maximum atomic E-state index is 3.95. The van der Waals surface area contributed by atoms with Crippen molar-refractivity contribution in [1.29, 1.82) is 0 Å². The lowest BCUT2D eigenvalue weighted by Gasteiger charge is -2.50. The van der Waals surface area contributed by atoms with Gasteiger partial charge in [-0.3, -0.25) is 4.90 Å². The van der Waals surface area contributed by atoms with E-state index in [1.54, 1.807) is 0 Å². The van der Waals surface area contributed by atoms with E-state index in [0.717, 1.165) is 18.0 Å². The van der Waals surface area contributed by atoms with E-state index in [9.17, 15) is 0 Å². The molecule has 0 amide bonds. The van der Waals surface area contributed by atoms with E-state index >= 15 is 0 Å². The van der Waals surface area contributed by atoms with Gasteiger partial charge in [0.15, 0.2) is 0 Å². The lowest BCUT2D eigenvalue weighted by Crippen LogP contribution is -2.65. The molecule has 3 rings (SSSR count). The number of rotatable bonds is 2. The summed E-state index contributed by atoms with van der Waals surface area (Å²) in [5, 5.41) is 3.95. The van der Waals surface area contributed by atoms with E-state index in [1.165, 1.54) is 77.3 Å². The number of piperazine rings is 1. The van der Waals surface area contributed by atoms with Crippen molar-refractivity contribution >= 4 is 0 Å². The summed E-state index contributed by atoms with van der Waals surface area (Å²) in [7, 11) is 0. The van der Waals surface area contributed by atoms with Gasteiger partial charge in [-0.15, -0.1) is 0 Å². The van der Waals surface area contributed by atoms with Crippen LogP contribution in [0.2, 0.25) is 0 Å². The van der Waals surface area contributed by atoms with Crippen molar-refractivity contribution in [2.24, 2.45) is 5.92 Å². The molecule has 1 aliphatic heterocycles. The molecule has 2 nitrogen and oxygen atoms in total. The molecule has 1 saturated heterocycles. The highest BCUT2D eigenvalue weighted by atomic mass is 15.3. The zero-order valence-electron chi connectivity index (χ0n) is 13.7. The number of hydrogen-bond donors (Lipinski definition) is 1. The zero-order chi connectivity index (χ0) is 14.0. The fourth-order valence-electron chi connectivity index (χ4n) is 5.11. The van der Waals surface area contributed by atoms with Gasteiger partial charge in [0.1, 0.15) is 0 Å². The number of nitrogens with zero attached hydrogens (tertiary/aromatic N) is 1. The predicted octanol–water partition coefficient (Wildman–Crippen LogP) is 3.95. The lowest BCUT2D eigenvalue weighted by molar-refractivity contribution is 0.0178. The Morgan fingerprint density at radius 1 is 1.05 bits per heavy atom. The molecule has 116 valence electrons. The Morgan fingerprint density at radius 2 is 1.80 bits per heavy atom. The van der Waals surface area contributed by atoms with Crippen LogP contribution in [-0.4, -0.2) is 35.6 Å². The Hall–Kier alpha value is -0.0800. The van der Waals surface area contributed by atoms with Crippen molar-refractivity contribution in [3.05, 3.63) is 0 Å². The van der Waals surface area contributed by atoms with Crippen LogP contribution in [0.1, 0.15) is 78.1 Å². The largest absolute Gasteiger partial charge is 0.308 e.